The van der Waals surface area contributed by atoms with E-state index in [9.17, 15) is 22.7 Å². The maximum atomic E-state index is 13.1. The van der Waals surface area contributed by atoms with Gasteiger partial charge in [-0.05, 0) is 73.4 Å². The number of halogens is 1. The number of carbonyl (C=O) groups excluding carboxylic acids is 1. The van der Waals surface area contributed by atoms with Gasteiger partial charge in [-0.3, -0.25) is 4.72 Å². The van der Waals surface area contributed by atoms with Gasteiger partial charge in [0, 0.05) is 0 Å². The minimum Gasteiger partial charge on any atom is -0.545 e. The van der Waals surface area contributed by atoms with Gasteiger partial charge in [0.15, 0.2) is 0 Å². The Morgan fingerprint density at radius 3 is 2.30 bits per heavy atom. The fraction of sp³-hybridized carbons (Fsp3) is 0.188. The van der Waals surface area contributed by atoms with Gasteiger partial charge in [0.25, 0.3) is 10.0 Å². The fourth-order valence-electron chi connectivity index (χ4n) is 2.17. The molecule has 0 saturated carbocycles. The summed E-state index contributed by atoms with van der Waals surface area (Å²) >= 11 is 0. The van der Waals surface area contributed by atoms with Gasteiger partial charge in [0.05, 0.1) is 16.6 Å². The maximum absolute atomic E-state index is 13.1. The molecule has 0 amide bonds. The van der Waals surface area contributed by atoms with Gasteiger partial charge >= 0.3 is 0 Å². The molecule has 0 unspecified atom stereocenters. The van der Waals surface area contributed by atoms with Crippen LogP contribution in [0.5, 0.6) is 0 Å². The summed E-state index contributed by atoms with van der Waals surface area (Å²) in [6, 6.07) is 6.06. The van der Waals surface area contributed by atoms with Crippen LogP contribution in [0.3, 0.4) is 0 Å². The number of carbonyl (C=O) groups is 1. The molecule has 0 fully saturated rings. The summed E-state index contributed by atoms with van der Waals surface area (Å²) in [7, 11) is -4.02. The number of benzene rings is 2. The van der Waals surface area contributed by atoms with Crippen LogP contribution in [0.2, 0.25) is 0 Å². The summed E-state index contributed by atoms with van der Waals surface area (Å²) in [5.74, 6) is -1.93. The SMILES string of the molecule is Cc1cc(F)ccc1NS(=O)(=O)c1cc(C(=O)[O-])cc(C)c1C. The third-order valence-electron chi connectivity index (χ3n) is 3.58. The molecule has 7 heteroatoms. The molecule has 2 aromatic carbocycles. The highest BCUT2D eigenvalue weighted by Crippen LogP contribution is 2.25. The molecule has 0 aliphatic carbocycles. The van der Waals surface area contributed by atoms with Crippen molar-refractivity contribution in [1.82, 2.24) is 0 Å². The highest BCUT2D eigenvalue weighted by Gasteiger charge is 2.20. The van der Waals surface area contributed by atoms with E-state index in [0.29, 0.717) is 16.7 Å². The largest absolute Gasteiger partial charge is 0.545 e. The van der Waals surface area contributed by atoms with E-state index < -0.39 is 21.8 Å². The van der Waals surface area contributed by atoms with E-state index in [1.807, 2.05) is 0 Å². The number of sulfonamides is 1. The number of nitrogens with one attached hydrogen (secondary N) is 1. The zero-order valence-electron chi connectivity index (χ0n) is 12.8. The van der Waals surface area contributed by atoms with E-state index in [-0.39, 0.29) is 16.1 Å². The van der Waals surface area contributed by atoms with Crippen molar-refractivity contribution in [3.8, 4) is 0 Å². The van der Waals surface area contributed by atoms with Crippen LogP contribution in [0, 0.1) is 26.6 Å². The van der Waals surface area contributed by atoms with Crippen LogP contribution in [0.4, 0.5) is 10.1 Å². The number of aromatic carboxylic acids is 1. The normalized spacial score (nSPS) is 11.3. The van der Waals surface area contributed by atoms with Crippen LogP contribution in [-0.2, 0) is 10.0 Å². The number of rotatable bonds is 4. The Bertz CT molecular complexity index is 891. The smallest absolute Gasteiger partial charge is 0.262 e. The Balaban J connectivity index is 2.53. The van der Waals surface area contributed by atoms with Gasteiger partial charge in [0.1, 0.15) is 5.82 Å². The third kappa shape index (κ3) is 3.50. The van der Waals surface area contributed by atoms with E-state index in [0.717, 1.165) is 12.1 Å². The lowest BCUT2D eigenvalue weighted by atomic mass is 10.1. The van der Waals surface area contributed by atoms with Crippen molar-refractivity contribution in [2.24, 2.45) is 0 Å². The van der Waals surface area contributed by atoms with Crippen molar-refractivity contribution in [2.75, 3.05) is 4.72 Å². The first kappa shape index (κ1) is 17.0. The Morgan fingerprint density at radius 1 is 1.09 bits per heavy atom. The third-order valence-corrected chi connectivity index (χ3v) is 5.07. The van der Waals surface area contributed by atoms with Gasteiger partial charge in [-0.15, -0.1) is 0 Å². The number of carboxylic acids is 1. The standard InChI is InChI=1S/C16H16FNO4S/c1-9-6-12(16(19)20)8-15(11(9)3)23(21,22)18-14-5-4-13(17)7-10(14)2/h4-8,18H,1-3H3,(H,19,20)/p-1. The molecule has 122 valence electrons. The molecule has 0 radical (unpaired) electrons. The molecule has 0 saturated heterocycles. The molecule has 23 heavy (non-hydrogen) atoms. The Labute approximate surface area is 133 Å². The number of hydrogen-bond acceptors (Lipinski definition) is 4. The van der Waals surface area contributed by atoms with Crippen molar-refractivity contribution < 1.29 is 22.7 Å². The van der Waals surface area contributed by atoms with E-state index in [4.69, 9.17) is 0 Å². The molecule has 1 N–H and O–H groups in total. The first-order chi connectivity index (χ1) is 10.6. The van der Waals surface area contributed by atoms with Gasteiger partial charge in [-0.2, -0.15) is 0 Å². The van der Waals surface area contributed by atoms with E-state index in [1.165, 1.54) is 18.2 Å². The molecule has 2 aromatic rings. The van der Waals surface area contributed by atoms with E-state index >= 15 is 0 Å². The minimum atomic E-state index is -4.02. The molecular weight excluding hydrogens is 321 g/mol. The Hall–Kier alpha value is -2.41. The molecule has 0 aliphatic heterocycles. The van der Waals surface area contributed by atoms with Gasteiger partial charge < -0.3 is 9.90 Å². The van der Waals surface area contributed by atoms with Crippen molar-refractivity contribution in [3.63, 3.8) is 0 Å². The number of hydrogen-bond donors (Lipinski definition) is 1. The van der Waals surface area contributed by atoms with Crippen molar-refractivity contribution in [1.29, 1.82) is 0 Å². The zero-order chi connectivity index (χ0) is 17.4. The van der Waals surface area contributed by atoms with Crippen LogP contribution in [0.15, 0.2) is 35.2 Å². The summed E-state index contributed by atoms with van der Waals surface area (Å²) in [5, 5.41) is 11.0. The zero-order valence-corrected chi connectivity index (χ0v) is 13.6. The quantitative estimate of drug-likeness (QED) is 0.924. The molecule has 0 bridgehead atoms. The summed E-state index contributed by atoms with van der Waals surface area (Å²) < 4.78 is 40.6. The highest BCUT2D eigenvalue weighted by atomic mass is 32.2. The Morgan fingerprint density at radius 2 is 1.74 bits per heavy atom. The van der Waals surface area contributed by atoms with Crippen LogP contribution >= 0.6 is 0 Å². The molecule has 0 atom stereocenters. The van der Waals surface area contributed by atoms with E-state index in [2.05, 4.69) is 4.72 Å². The average molecular weight is 336 g/mol. The van der Waals surface area contributed by atoms with Crippen molar-refractivity contribution in [3.05, 3.63) is 58.4 Å². The summed E-state index contributed by atoms with van der Waals surface area (Å²) in [6.07, 6.45) is 0. The maximum Gasteiger partial charge on any atom is 0.262 e. The molecule has 0 aliphatic rings. The first-order valence-electron chi connectivity index (χ1n) is 6.73. The van der Waals surface area contributed by atoms with Gasteiger partial charge in [0.2, 0.25) is 0 Å². The van der Waals surface area contributed by atoms with Crippen LogP contribution in [-0.4, -0.2) is 14.4 Å². The minimum absolute atomic E-state index is 0.152. The van der Waals surface area contributed by atoms with Crippen molar-refractivity contribution >= 4 is 21.7 Å². The topological polar surface area (TPSA) is 86.3 Å². The first-order valence-corrected chi connectivity index (χ1v) is 8.21. The molecule has 0 aromatic heterocycles. The summed E-state index contributed by atoms with van der Waals surface area (Å²) in [4.78, 5) is 10.9. The highest BCUT2D eigenvalue weighted by molar-refractivity contribution is 7.92. The van der Waals surface area contributed by atoms with Crippen LogP contribution in [0.1, 0.15) is 27.0 Å². The van der Waals surface area contributed by atoms with Crippen LogP contribution in [0.25, 0.3) is 0 Å². The lowest BCUT2D eigenvalue weighted by Gasteiger charge is -2.15. The lowest BCUT2D eigenvalue weighted by Crippen LogP contribution is -2.24. The molecule has 2 rings (SSSR count). The number of aryl methyl sites for hydroxylation is 2. The second kappa shape index (κ2) is 6.00. The summed E-state index contributed by atoms with van der Waals surface area (Å²) in [5.41, 5.74) is 1.37. The Kier molecular flexibility index (Phi) is 4.42. The van der Waals surface area contributed by atoms with Crippen molar-refractivity contribution in [2.45, 2.75) is 25.7 Å². The average Bonchev–Trinajstić information content (AvgIpc) is 2.44. The number of carboxylic acid groups (broad SMARTS) is 1. The molecule has 0 spiro atoms. The predicted molar refractivity (Wildman–Crippen MR) is 82.2 cm³/mol. The van der Waals surface area contributed by atoms with E-state index in [1.54, 1.807) is 20.8 Å². The molecule has 0 heterocycles. The predicted octanol–water partition coefficient (Wildman–Crippen LogP) is 1.92. The van der Waals surface area contributed by atoms with Crippen LogP contribution < -0.4 is 9.83 Å². The second-order valence-electron chi connectivity index (χ2n) is 5.27. The number of anilines is 1. The van der Waals surface area contributed by atoms with Gasteiger partial charge in [-0.25, -0.2) is 12.8 Å². The molecule has 5 nitrogen and oxygen atoms in total. The molecular formula is C16H15FNO4S-. The summed E-state index contributed by atoms with van der Waals surface area (Å²) in [6.45, 7) is 4.76. The van der Waals surface area contributed by atoms with Gasteiger partial charge in [-0.1, -0.05) is 0 Å². The lowest BCUT2D eigenvalue weighted by molar-refractivity contribution is -0.255. The monoisotopic (exact) mass is 336 g/mol. The second-order valence-corrected chi connectivity index (χ2v) is 6.92. The fourth-order valence-corrected chi connectivity index (χ4v) is 3.64.